The Kier molecular flexibility index (Phi) is 3.42. The van der Waals surface area contributed by atoms with Gasteiger partial charge in [0.1, 0.15) is 11.9 Å². The van der Waals surface area contributed by atoms with Crippen molar-refractivity contribution >= 4 is 5.69 Å². The lowest BCUT2D eigenvalue weighted by Crippen LogP contribution is -1.98. The minimum absolute atomic E-state index is 0.00291. The smallest absolute Gasteiger partial charge is 0.269 e. The van der Waals surface area contributed by atoms with E-state index in [9.17, 15) is 10.1 Å². The summed E-state index contributed by atoms with van der Waals surface area (Å²) in [6.07, 6.45) is 2.56. The Labute approximate surface area is 115 Å². The molecule has 20 heavy (non-hydrogen) atoms. The van der Waals surface area contributed by atoms with E-state index in [0.29, 0.717) is 12.2 Å². The van der Waals surface area contributed by atoms with Gasteiger partial charge in [0.25, 0.3) is 5.69 Å². The molecule has 0 aliphatic carbocycles. The second-order valence-corrected chi connectivity index (χ2v) is 4.74. The molecule has 1 aromatic carbocycles. The average Bonchev–Trinajstić information content (AvgIpc) is 3.09. The van der Waals surface area contributed by atoms with Crippen LogP contribution in [-0.4, -0.2) is 26.7 Å². The first-order valence-electron chi connectivity index (χ1n) is 6.48. The largest absolute Gasteiger partial charge is 0.370 e. The highest BCUT2D eigenvalue weighted by atomic mass is 16.6. The number of hydrogen-bond acceptors (Lipinski definition) is 5. The minimum atomic E-state index is -0.409. The summed E-state index contributed by atoms with van der Waals surface area (Å²) in [5.74, 6) is 1.43. The fourth-order valence-corrected chi connectivity index (χ4v) is 2.24. The van der Waals surface area contributed by atoms with Crippen LogP contribution in [-0.2, 0) is 11.2 Å². The van der Waals surface area contributed by atoms with Crippen LogP contribution in [0.15, 0.2) is 24.3 Å². The summed E-state index contributed by atoms with van der Waals surface area (Å²) < 4.78 is 5.52. The van der Waals surface area contributed by atoms with Gasteiger partial charge in [-0.2, -0.15) is 5.10 Å². The molecule has 1 aliphatic rings. The number of nitrogens with one attached hydrogen (secondary N) is 1. The van der Waals surface area contributed by atoms with E-state index < -0.39 is 4.92 Å². The third kappa shape index (κ3) is 2.67. The van der Waals surface area contributed by atoms with Gasteiger partial charge in [0.2, 0.25) is 0 Å². The molecule has 1 unspecified atom stereocenters. The number of benzene rings is 1. The average molecular weight is 274 g/mol. The molecular formula is C13H14N4O3. The topological polar surface area (TPSA) is 93.9 Å². The lowest BCUT2D eigenvalue weighted by atomic mass is 10.1. The van der Waals surface area contributed by atoms with Crippen molar-refractivity contribution in [2.24, 2.45) is 0 Å². The maximum Gasteiger partial charge on any atom is 0.269 e. The first-order valence-corrected chi connectivity index (χ1v) is 6.48. The normalized spacial score (nSPS) is 18.3. The molecule has 0 bridgehead atoms. The lowest BCUT2D eigenvalue weighted by Gasteiger charge is -2.02. The summed E-state index contributed by atoms with van der Waals surface area (Å²) in [5, 5.41) is 17.6. The number of H-pyrrole nitrogens is 1. The molecule has 1 N–H and O–H groups in total. The number of nitrogens with zero attached hydrogens (tertiary/aromatic N) is 3. The zero-order valence-electron chi connectivity index (χ0n) is 10.8. The lowest BCUT2D eigenvalue weighted by molar-refractivity contribution is -0.384. The van der Waals surface area contributed by atoms with Crippen LogP contribution in [0.1, 0.15) is 36.2 Å². The first kappa shape index (κ1) is 12.7. The maximum absolute atomic E-state index is 10.6. The molecule has 104 valence electrons. The predicted octanol–water partition coefficient (Wildman–Crippen LogP) is 2.16. The Morgan fingerprint density at radius 2 is 2.20 bits per heavy atom. The van der Waals surface area contributed by atoms with Gasteiger partial charge in [-0.05, 0) is 18.4 Å². The molecule has 2 aromatic rings. The predicted molar refractivity (Wildman–Crippen MR) is 70.2 cm³/mol. The van der Waals surface area contributed by atoms with Crippen LogP contribution in [0.4, 0.5) is 5.69 Å². The van der Waals surface area contributed by atoms with Crippen LogP contribution in [0.5, 0.6) is 0 Å². The summed E-state index contributed by atoms with van der Waals surface area (Å²) in [6, 6.07) is 6.44. The standard InChI is InChI=1S/C13H14N4O3/c18-17(19)10-5-3-9(4-6-10)8-12-14-13(16-15-12)11-2-1-7-20-11/h3-6,11H,1-2,7-8H2,(H,14,15,16). The van der Waals surface area contributed by atoms with E-state index in [1.807, 2.05) is 0 Å². The molecule has 0 amide bonds. The van der Waals surface area contributed by atoms with Crippen LogP contribution < -0.4 is 0 Å². The van der Waals surface area contributed by atoms with E-state index in [0.717, 1.165) is 30.8 Å². The molecule has 0 saturated carbocycles. The van der Waals surface area contributed by atoms with Gasteiger partial charge in [0, 0.05) is 25.2 Å². The summed E-state index contributed by atoms with van der Waals surface area (Å²) >= 11 is 0. The molecule has 1 fully saturated rings. The highest BCUT2D eigenvalue weighted by molar-refractivity contribution is 5.33. The number of nitro benzene ring substituents is 1. The number of nitro groups is 1. The number of hydrogen-bond donors (Lipinski definition) is 1. The zero-order chi connectivity index (χ0) is 13.9. The van der Waals surface area contributed by atoms with Crippen molar-refractivity contribution in [3.8, 4) is 0 Å². The number of rotatable bonds is 4. The Balaban J connectivity index is 1.69. The van der Waals surface area contributed by atoms with E-state index in [1.165, 1.54) is 12.1 Å². The molecule has 1 atom stereocenters. The second kappa shape index (κ2) is 5.38. The number of aromatic nitrogens is 3. The summed E-state index contributed by atoms with van der Waals surface area (Å²) in [6.45, 7) is 0.761. The van der Waals surface area contributed by atoms with Crippen molar-refractivity contribution in [2.75, 3.05) is 6.61 Å². The summed E-state index contributed by atoms with van der Waals surface area (Å²) in [4.78, 5) is 14.6. The van der Waals surface area contributed by atoms with Crippen LogP contribution in [0, 0.1) is 10.1 Å². The van der Waals surface area contributed by atoms with Gasteiger partial charge in [-0.25, -0.2) is 4.98 Å². The van der Waals surface area contributed by atoms with Gasteiger partial charge in [-0.1, -0.05) is 12.1 Å². The van der Waals surface area contributed by atoms with Crippen molar-refractivity contribution in [3.05, 3.63) is 51.6 Å². The van der Waals surface area contributed by atoms with Crippen LogP contribution >= 0.6 is 0 Å². The van der Waals surface area contributed by atoms with E-state index >= 15 is 0 Å². The van der Waals surface area contributed by atoms with Gasteiger partial charge in [-0.15, -0.1) is 0 Å². The molecule has 1 aromatic heterocycles. The van der Waals surface area contributed by atoms with Crippen LogP contribution in [0.2, 0.25) is 0 Å². The molecule has 7 nitrogen and oxygen atoms in total. The number of ether oxygens (including phenoxy) is 1. The fourth-order valence-electron chi connectivity index (χ4n) is 2.24. The molecule has 3 rings (SSSR count). The van der Waals surface area contributed by atoms with E-state index in [4.69, 9.17) is 4.74 Å². The minimum Gasteiger partial charge on any atom is -0.370 e. The van der Waals surface area contributed by atoms with E-state index in [2.05, 4.69) is 15.2 Å². The molecule has 0 radical (unpaired) electrons. The highest BCUT2D eigenvalue weighted by Crippen LogP contribution is 2.25. The van der Waals surface area contributed by atoms with Crippen molar-refractivity contribution in [1.29, 1.82) is 0 Å². The van der Waals surface area contributed by atoms with E-state index in [-0.39, 0.29) is 11.8 Å². The number of aromatic amines is 1. The zero-order valence-corrected chi connectivity index (χ0v) is 10.8. The summed E-state index contributed by atoms with van der Waals surface area (Å²) in [7, 11) is 0. The Morgan fingerprint density at radius 1 is 1.40 bits per heavy atom. The van der Waals surface area contributed by atoms with Crippen molar-refractivity contribution in [3.63, 3.8) is 0 Å². The van der Waals surface area contributed by atoms with Crippen molar-refractivity contribution in [2.45, 2.75) is 25.4 Å². The number of non-ortho nitro benzene ring substituents is 1. The monoisotopic (exact) mass is 274 g/mol. The molecule has 7 heteroatoms. The van der Waals surface area contributed by atoms with Gasteiger partial charge < -0.3 is 4.74 Å². The van der Waals surface area contributed by atoms with Gasteiger partial charge in [0.05, 0.1) is 4.92 Å². The molecule has 1 aliphatic heterocycles. The second-order valence-electron chi connectivity index (χ2n) is 4.74. The molecule has 1 saturated heterocycles. The quantitative estimate of drug-likeness (QED) is 0.681. The van der Waals surface area contributed by atoms with E-state index in [1.54, 1.807) is 12.1 Å². The SMILES string of the molecule is O=[N+]([O-])c1ccc(Cc2nc(C3CCCO3)n[nH]2)cc1. The highest BCUT2D eigenvalue weighted by Gasteiger charge is 2.21. The molecular weight excluding hydrogens is 260 g/mol. The van der Waals surface area contributed by atoms with Gasteiger partial charge >= 0.3 is 0 Å². The Hall–Kier alpha value is -2.28. The fraction of sp³-hybridized carbons (Fsp3) is 0.385. The summed E-state index contributed by atoms with van der Waals surface area (Å²) in [5.41, 5.74) is 1.04. The van der Waals surface area contributed by atoms with Crippen molar-refractivity contribution < 1.29 is 9.66 Å². The van der Waals surface area contributed by atoms with Gasteiger partial charge in [0.15, 0.2) is 5.82 Å². The maximum atomic E-state index is 10.6. The van der Waals surface area contributed by atoms with Crippen molar-refractivity contribution in [1.82, 2.24) is 15.2 Å². The molecule has 2 heterocycles. The van der Waals surface area contributed by atoms with Crippen LogP contribution in [0.3, 0.4) is 0 Å². The first-order chi connectivity index (χ1) is 9.72. The Morgan fingerprint density at radius 3 is 2.85 bits per heavy atom. The third-order valence-corrected chi connectivity index (χ3v) is 3.29. The Bertz CT molecular complexity index is 602. The third-order valence-electron chi connectivity index (χ3n) is 3.29. The molecule has 0 spiro atoms. The van der Waals surface area contributed by atoms with Gasteiger partial charge in [-0.3, -0.25) is 15.2 Å². The van der Waals surface area contributed by atoms with Crippen LogP contribution in [0.25, 0.3) is 0 Å².